The van der Waals surface area contributed by atoms with Gasteiger partial charge in [0.25, 0.3) is 0 Å². The fourth-order valence-electron chi connectivity index (χ4n) is 1.76. The molecule has 0 radical (unpaired) electrons. The minimum atomic E-state index is 0.761. The number of halogens is 1. The molecule has 3 nitrogen and oxygen atoms in total. The maximum absolute atomic E-state index is 5.61. The maximum Gasteiger partial charge on any atom is 0.120 e. The third-order valence-corrected chi connectivity index (χ3v) is 3.77. The number of methoxy groups -OCH3 is 1. The highest BCUT2D eigenvalue weighted by atomic mass is 79.9. The van der Waals surface area contributed by atoms with Gasteiger partial charge >= 0.3 is 0 Å². The lowest BCUT2D eigenvalue weighted by atomic mass is 10.1. The Balaban J connectivity index is 1.62. The fourth-order valence-corrected chi connectivity index (χ4v) is 2.32. The number of ether oxygens (including phenoxy) is 2. The van der Waals surface area contributed by atoms with E-state index in [0.717, 1.165) is 42.4 Å². The van der Waals surface area contributed by atoms with Gasteiger partial charge in [0.15, 0.2) is 0 Å². The molecule has 4 heteroatoms. The first kappa shape index (κ1) is 13.8. The standard InChI is InChI=1S/C14H20BrNO2/c1-17-13-5-2-11(14(15)10-13)6-8-18-9-7-16-12-3-4-12/h2,5,10,12,16H,3-4,6-9H2,1H3. The predicted octanol–water partition coefficient (Wildman–Crippen LogP) is 2.77. The summed E-state index contributed by atoms with van der Waals surface area (Å²) in [5.74, 6) is 0.875. The summed E-state index contributed by atoms with van der Waals surface area (Å²) >= 11 is 3.55. The summed E-state index contributed by atoms with van der Waals surface area (Å²) < 4.78 is 11.9. The van der Waals surface area contributed by atoms with Gasteiger partial charge in [0, 0.05) is 17.1 Å². The Labute approximate surface area is 117 Å². The number of nitrogens with one attached hydrogen (secondary N) is 1. The summed E-state index contributed by atoms with van der Waals surface area (Å²) in [5, 5.41) is 3.43. The number of hydrogen-bond acceptors (Lipinski definition) is 3. The molecule has 0 bridgehead atoms. The molecule has 1 aromatic carbocycles. The summed E-state index contributed by atoms with van der Waals surface area (Å²) in [6.45, 7) is 2.52. The third-order valence-electron chi connectivity index (χ3n) is 3.03. The van der Waals surface area contributed by atoms with Gasteiger partial charge in [-0.3, -0.25) is 0 Å². The zero-order valence-electron chi connectivity index (χ0n) is 10.7. The SMILES string of the molecule is COc1ccc(CCOCCNC2CC2)c(Br)c1. The highest BCUT2D eigenvalue weighted by Gasteiger charge is 2.19. The first-order valence-electron chi connectivity index (χ1n) is 6.43. The average molecular weight is 314 g/mol. The molecule has 100 valence electrons. The lowest BCUT2D eigenvalue weighted by molar-refractivity contribution is 0.138. The van der Waals surface area contributed by atoms with E-state index in [1.54, 1.807) is 7.11 Å². The molecule has 1 aliphatic carbocycles. The van der Waals surface area contributed by atoms with Crippen LogP contribution in [0.2, 0.25) is 0 Å². The van der Waals surface area contributed by atoms with E-state index in [0.29, 0.717) is 0 Å². The Morgan fingerprint density at radius 1 is 1.33 bits per heavy atom. The molecule has 0 unspecified atom stereocenters. The van der Waals surface area contributed by atoms with E-state index in [-0.39, 0.29) is 0 Å². The van der Waals surface area contributed by atoms with Crippen molar-refractivity contribution in [1.29, 1.82) is 0 Å². The van der Waals surface area contributed by atoms with Crippen LogP contribution in [0.15, 0.2) is 22.7 Å². The molecule has 0 aliphatic heterocycles. The van der Waals surface area contributed by atoms with Crippen molar-refractivity contribution in [1.82, 2.24) is 5.32 Å². The van der Waals surface area contributed by atoms with E-state index in [2.05, 4.69) is 27.3 Å². The smallest absolute Gasteiger partial charge is 0.120 e. The lowest BCUT2D eigenvalue weighted by Crippen LogP contribution is -2.22. The quantitative estimate of drug-likeness (QED) is 0.749. The van der Waals surface area contributed by atoms with Crippen molar-refractivity contribution >= 4 is 15.9 Å². The van der Waals surface area contributed by atoms with Crippen molar-refractivity contribution < 1.29 is 9.47 Å². The van der Waals surface area contributed by atoms with Crippen molar-refractivity contribution in [3.05, 3.63) is 28.2 Å². The van der Waals surface area contributed by atoms with Crippen molar-refractivity contribution in [3.63, 3.8) is 0 Å². The lowest BCUT2D eigenvalue weighted by Gasteiger charge is -2.08. The van der Waals surface area contributed by atoms with E-state index in [4.69, 9.17) is 9.47 Å². The van der Waals surface area contributed by atoms with Crippen LogP contribution in [0.5, 0.6) is 5.75 Å². The molecule has 18 heavy (non-hydrogen) atoms. The van der Waals surface area contributed by atoms with Gasteiger partial charge in [-0.15, -0.1) is 0 Å². The topological polar surface area (TPSA) is 30.5 Å². The summed E-state index contributed by atoms with van der Waals surface area (Å²) in [4.78, 5) is 0. The van der Waals surface area contributed by atoms with Crippen molar-refractivity contribution in [3.8, 4) is 5.75 Å². The van der Waals surface area contributed by atoms with Crippen molar-refractivity contribution in [2.75, 3.05) is 26.9 Å². The monoisotopic (exact) mass is 313 g/mol. The molecule has 1 N–H and O–H groups in total. The van der Waals surface area contributed by atoms with Crippen LogP contribution in [-0.2, 0) is 11.2 Å². The molecule has 1 saturated carbocycles. The third kappa shape index (κ3) is 4.59. The predicted molar refractivity (Wildman–Crippen MR) is 76.2 cm³/mol. The van der Waals surface area contributed by atoms with Gasteiger partial charge in [-0.1, -0.05) is 22.0 Å². The molecule has 0 amide bonds. The molecule has 1 aromatic rings. The van der Waals surface area contributed by atoms with Gasteiger partial charge in [-0.2, -0.15) is 0 Å². The highest BCUT2D eigenvalue weighted by molar-refractivity contribution is 9.10. The second-order valence-corrected chi connectivity index (χ2v) is 5.40. The molecule has 0 atom stereocenters. The molecule has 0 aromatic heterocycles. The maximum atomic E-state index is 5.61. The minimum absolute atomic E-state index is 0.761. The number of rotatable bonds is 8. The van der Waals surface area contributed by atoms with E-state index in [9.17, 15) is 0 Å². The molecule has 0 saturated heterocycles. The largest absolute Gasteiger partial charge is 0.497 e. The number of benzene rings is 1. The van der Waals surface area contributed by atoms with E-state index in [1.807, 2.05) is 12.1 Å². The van der Waals surface area contributed by atoms with Crippen LogP contribution in [0.1, 0.15) is 18.4 Å². The Bertz CT molecular complexity index is 380. The Kier molecular flexibility index (Phi) is 5.47. The normalized spacial score (nSPS) is 14.8. The van der Waals surface area contributed by atoms with Crippen LogP contribution in [0, 0.1) is 0 Å². The van der Waals surface area contributed by atoms with Gasteiger partial charge in [-0.25, -0.2) is 0 Å². The number of hydrogen-bond donors (Lipinski definition) is 1. The van der Waals surface area contributed by atoms with Crippen LogP contribution < -0.4 is 10.1 Å². The van der Waals surface area contributed by atoms with Crippen molar-refractivity contribution in [2.24, 2.45) is 0 Å². The van der Waals surface area contributed by atoms with E-state index >= 15 is 0 Å². The summed E-state index contributed by atoms with van der Waals surface area (Å²) in [6, 6.07) is 6.82. The van der Waals surface area contributed by atoms with Crippen LogP contribution in [-0.4, -0.2) is 32.9 Å². The van der Waals surface area contributed by atoms with Gasteiger partial charge in [0.05, 0.1) is 20.3 Å². The van der Waals surface area contributed by atoms with Crippen LogP contribution in [0.4, 0.5) is 0 Å². The van der Waals surface area contributed by atoms with Crippen LogP contribution in [0.25, 0.3) is 0 Å². The Morgan fingerprint density at radius 3 is 2.83 bits per heavy atom. The summed E-state index contributed by atoms with van der Waals surface area (Å²) in [7, 11) is 1.68. The zero-order chi connectivity index (χ0) is 12.8. The second kappa shape index (κ2) is 7.12. The zero-order valence-corrected chi connectivity index (χ0v) is 12.3. The summed E-state index contributed by atoms with van der Waals surface area (Å²) in [5.41, 5.74) is 1.26. The first-order valence-corrected chi connectivity index (χ1v) is 7.22. The summed E-state index contributed by atoms with van der Waals surface area (Å²) in [6.07, 6.45) is 3.59. The fraction of sp³-hybridized carbons (Fsp3) is 0.571. The van der Waals surface area contributed by atoms with Crippen LogP contribution in [0.3, 0.4) is 0 Å². The van der Waals surface area contributed by atoms with E-state index < -0.39 is 0 Å². The van der Waals surface area contributed by atoms with Gasteiger partial charge in [-0.05, 0) is 37.0 Å². The Morgan fingerprint density at radius 2 is 2.17 bits per heavy atom. The van der Waals surface area contributed by atoms with Gasteiger partial charge in [0.2, 0.25) is 0 Å². The minimum Gasteiger partial charge on any atom is -0.497 e. The van der Waals surface area contributed by atoms with E-state index in [1.165, 1.54) is 18.4 Å². The first-order chi connectivity index (χ1) is 8.79. The molecule has 0 spiro atoms. The van der Waals surface area contributed by atoms with Gasteiger partial charge < -0.3 is 14.8 Å². The molecular formula is C14H20BrNO2. The highest BCUT2D eigenvalue weighted by Crippen LogP contribution is 2.23. The molecule has 1 fully saturated rings. The molecular weight excluding hydrogens is 294 g/mol. The molecule has 1 aliphatic rings. The Hall–Kier alpha value is -0.580. The van der Waals surface area contributed by atoms with Crippen LogP contribution >= 0.6 is 15.9 Å². The molecule has 2 rings (SSSR count). The molecule has 0 heterocycles. The second-order valence-electron chi connectivity index (χ2n) is 4.55. The van der Waals surface area contributed by atoms with Gasteiger partial charge in [0.1, 0.15) is 5.75 Å². The average Bonchev–Trinajstić information content (AvgIpc) is 3.19. The van der Waals surface area contributed by atoms with Crippen molar-refractivity contribution in [2.45, 2.75) is 25.3 Å².